The van der Waals surface area contributed by atoms with E-state index in [1.54, 1.807) is 17.0 Å². The van der Waals surface area contributed by atoms with Gasteiger partial charge in [-0.15, -0.1) is 0 Å². The Labute approximate surface area is 102 Å². The van der Waals surface area contributed by atoms with Crippen molar-refractivity contribution in [3.8, 4) is 0 Å². The van der Waals surface area contributed by atoms with E-state index in [4.69, 9.17) is 5.73 Å². The zero-order chi connectivity index (χ0) is 12.8. The molecule has 0 aliphatic heterocycles. The molecule has 5 nitrogen and oxygen atoms in total. The van der Waals surface area contributed by atoms with Crippen LogP contribution in [0.4, 0.5) is 5.82 Å². The quantitative estimate of drug-likeness (QED) is 0.803. The maximum Gasteiger partial charge on any atom is 0.293 e. The van der Waals surface area contributed by atoms with Crippen LogP contribution in [-0.4, -0.2) is 29.2 Å². The molecule has 17 heavy (non-hydrogen) atoms. The van der Waals surface area contributed by atoms with Crippen LogP contribution in [0.3, 0.4) is 0 Å². The van der Waals surface area contributed by atoms with Gasteiger partial charge < -0.3 is 15.2 Å². The van der Waals surface area contributed by atoms with Crippen molar-refractivity contribution < 1.29 is 0 Å². The Morgan fingerprint density at radius 2 is 2.24 bits per heavy atom. The van der Waals surface area contributed by atoms with Gasteiger partial charge in [-0.1, -0.05) is 0 Å². The molecule has 0 fully saturated rings. The van der Waals surface area contributed by atoms with Crippen molar-refractivity contribution >= 4 is 5.82 Å². The summed E-state index contributed by atoms with van der Waals surface area (Å²) in [6, 6.07) is 0.150. The number of aromatic nitrogens is 2. The highest BCUT2D eigenvalue weighted by atomic mass is 16.1. The maximum absolute atomic E-state index is 12.2. The van der Waals surface area contributed by atoms with Crippen LogP contribution < -0.4 is 16.2 Å². The topological polar surface area (TPSA) is 64.2 Å². The fraction of sp³-hybridized carbons (Fsp3) is 0.667. The predicted molar refractivity (Wildman–Crippen MR) is 70.4 cm³/mol. The molecule has 0 bridgehead atoms. The normalized spacial score (nSPS) is 10.9. The summed E-state index contributed by atoms with van der Waals surface area (Å²) in [6.45, 7) is 8.16. The molecule has 96 valence electrons. The molecular weight excluding hydrogens is 216 g/mol. The van der Waals surface area contributed by atoms with E-state index in [2.05, 4.69) is 4.98 Å². The zero-order valence-corrected chi connectivity index (χ0v) is 10.9. The Hall–Kier alpha value is -1.36. The lowest BCUT2D eigenvalue weighted by molar-refractivity contribution is 0.570. The van der Waals surface area contributed by atoms with E-state index < -0.39 is 0 Å². The van der Waals surface area contributed by atoms with Gasteiger partial charge in [-0.3, -0.25) is 4.79 Å². The third-order valence-corrected chi connectivity index (χ3v) is 2.72. The van der Waals surface area contributed by atoms with E-state index >= 15 is 0 Å². The van der Waals surface area contributed by atoms with Crippen molar-refractivity contribution in [3.63, 3.8) is 0 Å². The van der Waals surface area contributed by atoms with Crippen LogP contribution in [0, 0.1) is 0 Å². The van der Waals surface area contributed by atoms with Crippen LogP contribution in [0.5, 0.6) is 0 Å². The molecule has 0 aliphatic carbocycles. The minimum atomic E-state index is -0.0265. The highest BCUT2D eigenvalue weighted by Gasteiger charge is 2.12. The van der Waals surface area contributed by atoms with Gasteiger partial charge >= 0.3 is 0 Å². The Kier molecular flexibility index (Phi) is 5.15. The minimum absolute atomic E-state index is 0.0265. The Bertz CT molecular complexity index is 400. The fourth-order valence-corrected chi connectivity index (χ4v) is 1.73. The molecule has 2 N–H and O–H groups in total. The third kappa shape index (κ3) is 3.30. The van der Waals surface area contributed by atoms with Gasteiger partial charge in [0.15, 0.2) is 5.82 Å². The molecule has 0 amide bonds. The number of nitrogens with two attached hydrogens (primary N) is 1. The Morgan fingerprint density at radius 3 is 2.76 bits per heavy atom. The van der Waals surface area contributed by atoms with Crippen LogP contribution in [0.2, 0.25) is 0 Å². The van der Waals surface area contributed by atoms with Crippen molar-refractivity contribution in [2.75, 3.05) is 24.5 Å². The van der Waals surface area contributed by atoms with Gasteiger partial charge in [0.25, 0.3) is 5.56 Å². The van der Waals surface area contributed by atoms with Crippen LogP contribution in [-0.2, 0) is 0 Å². The van der Waals surface area contributed by atoms with E-state index in [-0.39, 0.29) is 11.6 Å². The molecule has 1 aromatic rings. The van der Waals surface area contributed by atoms with E-state index in [1.165, 1.54) is 0 Å². The van der Waals surface area contributed by atoms with Crippen molar-refractivity contribution in [3.05, 3.63) is 22.7 Å². The number of rotatable bonds is 6. The number of anilines is 1. The second-order valence-electron chi connectivity index (χ2n) is 4.28. The van der Waals surface area contributed by atoms with Gasteiger partial charge in [0.1, 0.15) is 0 Å². The summed E-state index contributed by atoms with van der Waals surface area (Å²) in [6.07, 6.45) is 4.28. The molecule has 0 aliphatic rings. The molecule has 1 heterocycles. The summed E-state index contributed by atoms with van der Waals surface area (Å²) in [4.78, 5) is 18.4. The molecule has 0 spiro atoms. The smallest absolute Gasteiger partial charge is 0.293 e. The van der Waals surface area contributed by atoms with Gasteiger partial charge in [0, 0.05) is 31.5 Å². The highest BCUT2D eigenvalue weighted by molar-refractivity contribution is 5.35. The second kappa shape index (κ2) is 6.39. The lowest BCUT2D eigenvalue weighted by Gasteiger charge is -2.22. The van der Waals surface area contributed by atoms with Crippen LogP contribution in [0.1, 0.15) is 33.2 Å². The monoisotopic (exact) mass is 238 g/mol. The molecular formula is C12H22N4O. The molecule has 0 saturated carbocycles. The van der Waals surface area contributed by atoms with Crippen molar-refractivity contribution in [1.29, 1.82) is 0 Å². The first-order chi connectivity index (χ1) is 8.11. The average Bonchev–Trinajstić information content (AvgIpc) is 2.31. The van der Waals surface area contributed by atoms with E-state index in [9.17, 15) is 4.79 Å². The first-order valence-corrected chi connectivity index (χ1v) is 6.14. The van der Waals surface area contributed by atoms with Gasteiger partial charge in [-0.2, -0.15) is 0 Å². The summed E-state index contributed by atoms with van der Waals surface area (Å²) >= 11 is 0. The van der Waals surface area contributed by atoms with Gasteiger partial charge in [-0.25, -0.2) is 4.98 Å². The van der Waals surface area contributed by atoms with Gasteiger partial charge in [0.2, 0.25) is 0 Å². The first kappa shape index (κ1) is 13.7. The van der Waals surface area contributed by atoms with Crippen LogP contribution in [0.15, 0.2) is 17.2 Å². The molecule has 1 rings (SSSR count). The Balaban J connectivity index is 3.03. The van der Waals surface area contributed by atoms with E-state index in [0.29, 0.717) is 12.4 Å². The Morgan fingerprint density at radius 1 is 1.53 bits per heavy atom. The van der Waals surface area contributed by atoms with Crippen LogP contribution in [0.25, 0.3) is 0 Å². The fourth-order valence-electron chi connectivity index (χ4n) is 1.73. The van der Waals surface area contributed by atoms with E-state index in [1.807, 2.05) is 25.7 Å². The molecule has 0 radical (unpaired) electrons. The van der Waals surface area contributed by atoms with Crippen LogP contribution >= 0.6 is 0 Å². The molecule has 0 unspecified atom stereocenters. The number of hydrogen-bond acceptors (Lipinski definition) is 4. The van der Waals surface area contributed by atoms with Crippen molar-refractivity contribution in [2.45, 2.75) is 33.2 Å². The summed E-state index contributed by atoms with van der Waals surface area (Å²) in [5, 5.41) is 0. The maximum atomic E-state index is 12.2. The van der Waals surface area contributed by atoms with Gasteiger partial charge in [0.05, 0.1) is 0 Å². The largest absolute Gasteiger partial charge is 0.352 e. The third-order valence-electron chi connectivity index (χ3n) is 2.72. The van der Waals surface area contributed by atoms with E-state index in [0.717, 1.165) is 19.5 Å². The summed E-state index contributed by atoms with van der Waals surface area (Å²) in [5.74, 6) is 0.525. The summed E-state index contributed by atoms with van der Waals surface area (Å²) in [7, 11) is 0. The minimum Gasteiger partial charge on any atom is -0.352 e. The zero-order valence-electron chi connectivity index (χ0n) is 10.9. The lowest BCUT2D eigenvalue weighted by Crippen LogP contribution is -2.35. The molecule has 0 saturated heterocycles. The van der Waals surface area contributed by atoms with Crippen molar-refractivity contribution in [2.24, 2.45) is 5.73 Å². The second-order valence-corrected chi connectivity index (χ2v) is 4.28. The number of nitrogens with zero attached hydrogens (tertiary/aromatic N) is 3. The average molecular weight is 238 g/mol. The standard InChI is InChI=1S/C12H22N4O/c1-4-15(8-5-6-13)11-12(17)16(10(2)3)9-7-14-11/h7,9-10H,4-6,8,13H2,1-3H3. The SMILES string of the molecule is CCN(CCCN)c1nccn(C(C)C)c1=O. The predicted octanol–water partition coefficient (Wildman–Crippen LogP) is 0.999. The molecule has 1 aromatic heterocycles. The molecule has 5 heteroatoms. The summed E-state index contributed by atoms with van der Waals surface area (Å²) in [5.41, 5.74) is 5.47. The molecule has 0 atom stereocenters. The highest BCUT2D eigenvalue weighted by Crippen LogP contribution is 2.06. The van der Waals surface area contributed by atoms with Crippen molar-refractivity contribution in [1.82, 2.24) is 9.55 Å². The summed E-state index contributed by atoms with van der Waals surface area (Å²) < 4.78 is 1.70. The number of hydrogen-bond donors (Lipinski definition) is 1. The lowest BCUT2D eigenvalue weighted by atomic mass is 10.3. The molecule has 0 aromatic carbocycles. The first-order valence-electron chi connectivity index (χ1n) is 6.14. The van der Waals surface area contributed by atoms with Gasteiger partial charge in [-0.05, 0) is 33.7 Å².